The number of hydrogen-bond donors (Lipinski definition) is 0. The van der Waals surface area contributed by atoms with Crippen LogP contribution in [0.4, 0.5) is 0 Å². The minimum absolute atomic E-state index is 0.653. The van der Waals surface area contributed by atoms with Gasteiger partial charge in [0.2, 0.25) is 0 Å². The molecule has 0 radical (unpaired) electrons. The first-order chi connectivity index (χ1) is 8.79. The lowest BCUT2D eigenvalue weighted by Crippen LogP contribution is -1.99. The van der Waals surface area contributed by atoms with Crippen molar-refractivity contribution in [2.45, 2.75) is 6.92 Å². The standard InChI is InChI=1S/C14H10N4/c1-10-8-11(9-15)6-7-13(10)18-14-5-3-2-4-12(14)16-17-18/h2-8H,1H3. The van der Waals surface area contributed by atoms with Crippen molar-refractivity contribution in [2.24, 2.45) is 0 Å². The Morgan fingerprint density at radius 1 is 1.17 bits per heavy atom. The predicted molar refractivity (Wildman–Crippen MR) is 68.3 cm³/mol. The van der Waals surface area contributed by atoms with E-state index >= 15 is 0 Å². The van der Waals surface area contributed by atoms with Gasteiger partial charge < -0.3 is 0 Å². The molecule has 0 spiro atoms. The van der Waals surface area contributed by atoms with E-state index in [2.05, 4.69) is 16.4 Å². The zero-order chi connectivity index (χ0) is 12.5. The molecule has 0 unspecified atom stereocenters. The third-order valence-corrected chi connectivity index (χ3v) is 2.91. The number of aromatic nitrogens is 3. The summed E-state index contributed by atoms with van der Waals surface area (Å²) in [5.41, 5.74) is 4.43. The molecule has 4 nitrogen and oxygen atoms in total. The minimum atomic E-state index is 0.653. The van der Waals surface area contributed by atoms with Gasteiger partial charge in [-0.05, 0) is 42.8 Å². The zero-order valence-corrected chi connectivity index (χ0v) is 9.83. The Bertz CT molecular complexity index is 765. The highest BCUT2D eigenvalue weighted by Gasteiger charge is 2.08. The second kappa shape index (κ2) is 3.97. The summed E-state index contributed by atoms with van der Waals surface area (Å²) in [5.74, 6) is 0. The highest BCUT2D eigenvalue weighted by Crippen LogP contribution is 2.19. The van der Waals surface area contributed by atoms with Gasteiger partial charge in [-0.2, -0.15) is 5.26 Å². The molecular formula is C14H10N4. The minimum Gasteiger partial charge on any atom is -0.213 e. The molecule has 3 rings (SSSR count). The number of nitriles is 1. The van der Waals surface area contributed by atoms with Gasteiger partial charge in [-0.3, -0.25) is 0 Å². The van der Waals surface area contributed by atoms with E-state index in [1.807, 2.05) is 43.3 Å². The van der Waals surface area contributed by atoms with E-state index in [0.29, 0.717) is 5.56 Å². The molecular weight excluding hydrogens is 224 g/mol. The van der Waals surface area contributed by atoms with E-state index in [4.69, 9.17) is 5.26 Å². The van der Waals surface area contributed by atoms with Gasteiger partial charge >= 0.3 is 0 Å². The lowest BCUT2D eigenvalue weighted by atomic mass is 10.1. The quantitative estimate of drug-likeness (QED) is 0.650. The summed E-state index contributed by atoms with van der Waals surface area (Å²) < 4.78 is 1.80. The number of benzene rings is 2. The van der Waals surface area contributed by atoms with Gasteiger partial charge in [-0.1, -0.05) is 17.3 Å². The Morgan fingerprint density at radius 2 is 2.00 bits per heavy atom. The number of aryl methyl sites for hydroxylation is 1. The maximum absolute atomic E-state index is 8.87. The van der Waals surface area contributed by atoms with Crippen LogP contribution in [0.3, 0.4) is 0 Å². The highest BCUT2D eigenvalue weighted by molar-refractivity contribution is 5.76. The van der Waals surface area contributed by atoms with Crippen molar-refractivity contribution in [2.75, 3.05) is 0 Å². The van der Waals surface area contributed by atoms with Crippen LogP contribution in [0.25, 0.3) is 16.7 Å². The van der Waals surface area contributed by atoms with E-state index in [0.717, 1.165) is 22.3 Å². The van der Waals surface area contributed by atoms with E-state index in [-0.39, 0.29) is 0 Å². The fourth-order valence-corrected chi connectivity index (χ4v) is 2.01. The topological polar surface area (TPSA) is 54.5 Å². The van der Waals surface area contributed by atoms with Crippen LogP contribution < -0.4 is 0 Å². The predicted octanol–water partition coefficient (Wildman–Crippen LogP) is 2.60. The van der Waals surface area contributed by atoms with E-state index in [9.17, 15) is 0 Å². The molecule has 0 N–H and O–H groups in total. The average molecular weight is 234 g/mol. The molecule has 2 aromatic carbocycles. The number of hydrogen-bond acceptors (Lipinski definition) is 3. The lowest BCUT2D eigenvalue weighted by molar-refractivity contribution is 0.819. The van der Waals surface area contributed by atoms with Gasteiger partial charge in [0, 0.05) is 0 Å². The molecule has 86 valence electrons. The van der Waals surface area contributed by atoms with Gasteiger partial charge in [0.15, 0.2) is 0 Å². The summed E-state index contributed by atoms with van der Waals surface area (Å²) in [6.45, 7) is 1.96. The highest BCUT2D eigenvalue weighted by atomic mass is 15.4. The number of nitrogens with zero attached hydrogens (tertiary/aromatic N) is 4. The second-order valence-corrected chi connectivity index (χ2v) is 4.10. The maximum atomic E-state index is 8.87. The van der Waals surface area contributed by atoms with Crippen LogP contribution in [-0.2, 0) is 0 Å². The SMILES string of the molecule is Cc1cc(C#N)ccc1-n1nnc2ccccc21. The van der Waals surface area contributed by atoms with Crippen LogP contribution in [0.5, 0.6) is 0 Å². The van der Waals surface area contributed by atoms with Crippen LogP contribution in [0, 0.1) is 18.3 Å². The number of rotatable bonds is 1. The van der Waals surface area contributed by atoms with Crippen LogP contribution in [-0.4, -0.2) is 15.0 Å². The average Bonchev–Trinajstić information content (AvgIpc) is 2.82. The van der Waals surface area contributed by atoms with Crippen molar-refractivity contribution in [1.29, 1.82) is 5.26 Å². The van der Waals surface area contributed by atoms with Crippen molar-refractivity contribution in [3.05, 3.63) is 53.6 Å². The summed E-state index contributed by atoms with van der Waals surface area (Å²) in [4.78, 5) is 0. The van der Waals surface area contributed by atoms with Crippen LogP contribution in [0.1, 0.15) is 11.1 Å². The Balaban J connectivity index is 2.24. The normalized spacial score (nSPS) is 10.4. The molecule has 0 amide bonds. The summed E-state index contributed by atoms with van der Waals surface area (Å²) in [6, 6.07) is 15.5. The molecule has 0 saturated heterocycles. The van der Waals surface area contributed by atoms with Gasteiger partial charge in [-0.25, -0.2) is 4.68 Å². The molecule has 3 aromatic rings. The zero-order valence-electron chi connectivity index (χ0n) is 9.83. The molecule has 18 heavy (non-hydrogen) atoms. The van der Waals surface area contributed by atoms with Gasteiger partial charge in [0.1, 0.15) is 5.52 Å². The third-order valence-electron chi connectivity index (χ3n) is 2.91. The molecule has 0 fully saturated rings. The van der Waals surface area contributed by atoms with Gasteiger partial charge in [0.05, 0.1) is 22.8 Å². The van der Waals surface area contributed by atoms with E-state index in [1.54, 1.807) is 10.7 Å². The Morgan fingerprint density at radius 3 is 2.78 bits per heavy atom. The molecule has 0 atom stereocenters. The fraction of sp³-hybridized carbons (Fsp3) is 0.0714. The summed E-state index contributed by atoms with van der Waals surface area (Å²) in [6.07, 6.45) is 0. The molecule has 1 aromatic heterocycles. The Labute approximate surface area is 104 Å². The van der Waals surface area contributed by atoms with Gasteiger partial charge in [0.25, 0.3) is 0 Å². The second-order valence-electron chi connectivity index (χ2n) is 4.10. The monoisotopic (exact) mass is 234 g/mol. The van der Waals surface area contributed by atoms with Crippen molar-refractivity contribution >= 4 is 11.0 Å². The Kier molecular flexibility index (Phi) is 2.31. The molecule has 0 aliphatic rings. The van der Waals surface area contributed by atoms with E-state index in [1.165, 1.54) is 0 Å². The lowest BCUT2D eigenvalue weighted by Gasteiger charge is -2.06. The Hall–Kier alpha value is -2.67. The van der Waals surface area contributed by atoms with Crippen LogP contribution >= 0.6 is 0 Å². The van der Waals surface area contributed by atoms with E-state index < -0.39 is 0 Å². The van der Waals surface area contributed by atoms with Crippen molar-refractivity contribution < 1.29 is 0 Å². The van der Waals surface area contributed by atoms with Crippen molar-refractivity contribution in [3.8, 4) is 11.8 Å². The first-order valence-electron chi connectivity index (χ1n) is 5.61. The van der Waals surface area contributed by atoms with Gasteiger partial charge in [-0.15, -0.1) is 5.10 Å². The van der Waals surface area contributed by atoms with Crippen molar-refractivity contribution in [3.63, 3.8) is 0 Å². The fourth-order valence-electron chi connectivity index (χ4n) is 2.01. The molecule has 0 aliphatic heterocycles. The first-order valence-corrected chi connectivity index (χ1v) is 5.61. The molecule has 0 aliphatic carbocycles. The maximum Gasteiger partial charge on any atom is 0.113 e. The summed E-state index contributed by atoms with van der Waals surface area (Å²) in [7, 11) is 0. The molecule has 4 heteroatoms. The van der Waals surface area contributed by atoms with Crippen LogP contribution in [0.2, 0.25) is 0 Å². The number of para-hydroxylation sites is 1. The molecule has 0 bridgehead atoms. The first kappa shape index (κ1) is 10.5. The van der Waals surface area contributed by atoms with Crippen molar-refractivity contribution in [1.82, 2.24) is 15.0 Å². The largest absolute Gasteiger partial charge is 0.213 e. The smallest absolute Gasteiger partial charge is 0.113 e. The molecule has 0 saturated carbocycles. The summed E-state index contributed by atoms with van der Waals surface area (Å²) >= 11 is 0. The number of fused-ring (bicyclic) bond motifs is 1. The molecule has 1 heterocycles. The van der Waals surface area contributed by atoms with Crippen LogP contribution in [0.15, 0.2) is 42.5 Å². The third kappa shape index (κ3) is 1.54. The summed E-state index contributed by atoms with van der Waals surface area (Å²) in [5, 5.41) is 17.2.